The van der Waals surface area contributed by atoms with Crippen molar-refractivity contribution in [3.63, 3.8) is 0 Å². The molecule has 0 spiro atoms. The molecule has 0 aliphatic rings. The van der Waals surface area contributed by atoms with E-state index in [9.17, 15) is 17.6 Å². The molecule has 26 heavy (non-hydrogen) atoms. The molecule has 3 rings (SSSR count). The largest absolute Gasteiger partial charge is 0.322 e. The van der Waals surface area contributed by atoms with Crippen LogP contribution in [0.2, 0.25) is 0 Å². The zero-order valence-corrected chi connectivity index (χ0v) is 14.5. The summed E-state index contributed by atoms with van der Waals surface area (Å²) in [5.74, 6) is -0.760. The molecule has 1 amide bonds. The van der Waals surface area contributed by atoms with Gasteiger partial charge in [0.1, 0.15) is 5.82 Å². The van der Waals surface area contributed by atoms with Crippen molar-refractivity contribution in [1.82, 2.24) is 10.2 Å². The van der Waals surface area contributed by atoms with Crippen molar-refractivity contribution in [2.75, 3.05) is 11.6 Å². The van der Waals surface area contributed by atoms with Crippen LogP contribution in [0.1, 0.15) is 10.4 Å². The van der Waals surface area contributed by atoms with E-state index in [-0.39, 0.29) is 10.9 Å². The Labute approximate surface area is 149 Å². The summed E-state index contributed by atoms with van der Waals surface area (Å²) < 4.78 is 35.7. The van der Waals surface area contributed by atoms with E-state index in [2.05, 4.69) is 15.5 Å². The molecule has 0 bridgehead atoms. The van der Waals surface area contributed by atoms with Crippen molar-refractivity contribution in [3.8, 4) is 11.3 Å². The van der Waals surface area contributed by atoms with Crippen LogP contribution in [-0.4, -0.2) is 30.8 Å². The first-order valence-corrected chi connectivity index (χ1v) is 9.43. The van der Waals surface area contributed by atoms with Gasteiger partial charge in [-0.1, -0.05) is 12.1 Å². The maximum atomic E-state index is 12.9. The molecule has 2 aromatic carbocycles. The molecule has 1 N–H and O–H groups in total. The monoisotopic (exact) mass is 371 g/mol. The maximum Gasteiger partial charge on any atom is 0.255 e. The molecule has 0 saturated carbocycles. The molecular formula is C18H14FN3O3S. The number of nitrogens with zero attached hydrogens (tertiary/aromatic N) is 2. The number of aromatic nitrogens is 2. The van der Waals surface area contributed by atoms with Gasteiger partial charge in [-0.15, -0.1) is 10.2 Å². The predicted molar refractivity (Wildman–Crippen MR) is 94.9 cm³/mol. The van der Waals surface area contributed by atoms with Gasteiger partial charge in [-0.3, -0.25) is 4.79 Å². The molecule has 1 heterocycles. The molecule has 0 aliphatic heterocycles. The number of rotatable bonds is 4. The van der Waals surface area contributed by atoms with Crippen molar-refractivity contribution in [2.24, 2.45) is 0 Å². The number of benzene rings is 2. The minimum Gasteiger partial charge on any atom is -0.322 e. The quantitative estimate of drug-likeness (QED) is 0.762. The number of halogens is 1. The average Bonchev–Trinajstić information content (AvgIpc) is 2.62. The predicted octanol–water partition coefficient (Wildman–Crippen LogP) is 2.94. The second-order valence-corrected chi connectivity index (χ2v) is 7.53. The molecule has 132 valence electrons. The Bertz CT molecular complexity index is 1030. The number of sulfone groups is 1. The summed E-state index contributed by atoms with van der Waals surface area (Å²) in [6, 6.07) is 15.0. The lowest BCUT2D eigenvalue weighted by atomic mass is 10.1. The van der Waals surface area contributed by atoms with Gasteiger partial charge in [0.2, 0.25) is 0 Å². The normalized spacial score (nSPS) is 11.2. The van der Waals surface area contributed by atoms with Crippen molar-refractivity contribution >= 4 is 21.4 Å². The Kier molecular flexibility index (Phi) is 4.77. The van der Waals surface area contributed by atoms with E-state index in [0.29, 0.717) is 16.9 Å². The second-order valence-electron chi connectivity index (χ2n) is 5.57. The molecular weight excluding hydrogens is 357 g/mol. The van der Waals surface area contributed by atoms with Crippen molar-refractivity contribution in [1.29, 1.82) is 0 Å². The summed E-state index contributed by atoms with van der Waals surface area (Å²) in [4.78, 5) is 12.1. The van der Waals surface area contributed by atoms with E-state index in [0.717, 1.165) is 11.8 Å². The van der Waals surface area contributed by atoms with Crippen molar-refractivity contribution in [3.05, 3.63) is 72.0 Å². The van der Waals surface area contributed by atoms with E-state index < -0.39 is 15.7 Å². The Morgan fingerprint density at radius 2 is 1.58 bits per heavy atom. The number of hydrogen-bond acceptors (Lipinski definition) is 5. The van der Waals surface area contributed by atoms with Gasteiger partial charge in [-0.2, -0.15) is 0 Å². The number of hydrogen-bond donors (Lipinski definition) is 1. The lowest BCUT2D eigenvalue weighted by Crippen LogP contribution is -2.11. The third-order valence-electron chi connectivity index (χ3n) is 3.56. The van der Waals surface area contributed by atoms with E-state index in [1.165, 1.54) is 30.3 Å². The highest BCUT2D eigenvalue weighted by atomic mass is 32.2. The van der Waals surface area contributed by atoms with E-state index in [1.54, 1.807) is 30.3 Å². The molecule has 0 saturated heterocycles. The molecule has 8 heteroatoms. The molecule has 0 aliphatic carbocycles. The fourth-order valence-electron chi connectivity index (χ4n) is 2.20. The van der Waals surface area contributed by atoms with Gasteiger partial charge in [0, 0.05) is 23.1 Å². The Morgan fingerprint density at radius 3 is 2.12 bits per heavy atom. The summed E-state index contributed by atoms with van der Waals surface area (Å²) in [5.41, 5.74) is 2.13. The van der Waals surface area contributed by atoms with Crippen LogP contribution in [0.4, 0.5) is 10.1 Å². The summed E-state index contributed by atoms with van der Waals surface area (Å²) in [6.45, 7) is 0. The van der Waals surface area contributed by atoms with Crippen LogP contribution in [0, 0.1) is 5.82 Å². The number of amides is 1. The Hall–Kier alpha value is -3.13. The summed E-state index contributed by atoms with van der Waals surface area (Å²) in [6.07, 6.45) is 1.06. The highest BCUT2D eigenvalue weighted by molar-refractivity contribution is 7.90. The zero-order chi connectivity index (χ0) is 18.7. The molecule has 0 fully saturated rings. The highest BCUT2D eigenvalue weighted by Crippen LogP contribution is 2.20. The van der Waals surface area contributed by atoms with E-state index in [4.69, 9.17) is 0 Å². The van der Waals surface area contributed by atoms with Crippen molar-refractivity contribution < 1.29 is 17.6 Å². The molecule has 3 aromatic rings. The van der Waals surface area contributed by atoms with Crippen LogP contribution in [0.15, 0.2) is 65.7 Å². The van der Waals surface area contributed by atoms with Gasteiger partial charge >= 0.3 is 0 Å². The van der Waals surface area contributed by atoms with Crippen LogP contribution in [0.25, 0.3) is 11.3 Å². The molecule has 6 nitrogen and oxygen atoms in total. The summed E-state index contributed by atoms with van der Waals surface area (Å²) in [5, 5.41) is 10.2. The van der Waals surface area contributed by atoms with Crippen LogP contribution in [-0.2, 0) is 9.84 Å². The first-order chi connectivity index (χ1) is 12.3. The fraction of sp³-hybridized carbons (Fsp3) is 0.0556. The van der Waals surface area contributed by atoms with Gasteiger partial charge in [0.25, 0.3) is 5.91 Å². The van der Waals surface area contributed by atoms with Crippen molar-refractivity contribution in [2.45, 2.75) is 5.03 Å². The van der Waals surface area contributed by atoms with Gasteiger partial charge in [0.05, 0.1) is 5.69 Å². The van der Waals surface area contributed by atoms with Gasteiger partial charge < -0.3 is 5.32 Å². The Morgan fingerprint density at radius 1 is 0.923 bits per heavy atom. The molecule has 0 unspecified atom stereocenters. The molecule has 1 aromatic heterocycles. The minimum absolute atomic E-state index is 0.0931. The Balaban J connectivity index is 1.74. The minimum atomic E-state index is -3.40. The average molecular weight is 371 g/mol. The van der Waals surface area contributed by atoms with Gasteiger partial charge in [-0.05, 0) is 48.5 Å². The standard InChI is InChI=1S/C18H14FN3O3S/c1-26(24,25)17-11-10-16(21-22-17)12-4-8-15(9-5-12)20-18(23)13-2-6-14(19)7-3-13/h2-11H,1H3,(H,20,23). The first-order valence-electron chi connectivity index (χ1n) is 7.54. The molecule has 0 radical (unpaired) electrons. The van der Waals surface area contributed by atoms with E-state index in [1.807, 2.05) is 0 Å². The first kappa shape index (κ1) is 17.7. The summed E-state index contributed by atoms with van der Waals surface area (Å²) >= 11 is 0. The van der Waals surface area contributed by atoms with E-state index >= 15 is 0 Å². The van der Waals surface area contributed by atoms with Crippen LogP contribution in [0.5, 0.6) is 0 Å². The smallest absolute Gasteiger partial charge is 0.255 e. The van der Waals surface area contributed by atoms with Crippen LogP contribution >= 0.6 is 0 Å². The highest BCUT2D eigenvalue weighted by Gasteiger charge is 2.10. The zero-order valence-electron chi connectivity index (χ0n) is 13.7. The number of carbonyl (C=O) groups is 1. The number of anilines is 1. The lowest BCUT2D eigenvalue weighted by molar-refractivity contribution is 0.102. The fourth-order valence-corrected chi connectivity index (χ4v) is 2.70. The summed E-state index contributed by atoms with van der Waals surface area (Å²) in [7, 11) is -3.40. The number of nitrogens with one attached hydrogen (secondary N) is 1. The van der Waals surface area contributed by atoms with Gasteiger partial charge in [-0.25, -0.2) is 12.8 Å². The third-order valence-corrected chi connectivity index (χ3v) is 4.54. The second kappa shape index (κ2) is 7.01. The number of carbonyl (C=O) groups excluding carboxylic acids is 1. The van der Waals surface area contributed by atoms with Crippen LogP contribution < -0.4 is 5.32 Å². The van der Waals surface area contributed by atoms with Crippen LogP contribution in [0.3, 0.4) is 0 Å². The van der Waals surface area contributed by atoms with Gasteiger partial charge in [0.15, 0.2) is 14.9 Å². The third kappa shape index (κ3) is 4.09. The SMILES string of the molecule is CS(=O)(=O)c1ccc(-c2ccc(NC(=O)c3ccc(F)cc3)cc2)nn1. The topological polar surface area (TPSA) is 89.0 Å². The molecule has 0 atom stereocenters. The lowest BCUT2D eigenvalue weighted by Gasteiger charge is -2.07. The maximum absolute atomic E-state index is 12.9.